The Bertz CT molecular complexity index is 1120. The van der Waals surface area contributed by atoms with E-state index in [1.54, 1.807) is 0 Å². The predicted octanol–water partition coefficient (Wildman–Crippen LogP) is 4.42. The van der Waals surface area contributed by atoms with Crippen molar-refractivity contribution in [2.75, 3.05) is 5.32 Å². The Kier molecular flexibility index (Phi) is 4.02. The fraction of sp³-hybridized carbons (Fsp3) is 0.227. The van der Waals surface area contributed by atoms with Gasteiger partial charge in [-0.3, -0.25) is 9.59 Å². The van der Waals surface area contributed by atoms with E-state index in [9.17, 15) is 14.7 Å². The molecule has 2 N–H and O–H groups in total. The van der Waals surface area contributed by atoms with Crippen LogP contribution in [0.4, 0.5) is 5.13 Å². The van der Waals surface area contributed by atoms with Gasteiger partial charge in [-0.2, -0.15) is 0 Å². The van der Waals surface area contributed by atoms with E-state index in [1.165, 1.54) is 16.7 Å². The van der Waals surface area contributed by atoms with Gasteiger partial charge in [0.15, 0.2) is 5.13 Å². The molecule has 2 bridgehead atoms. The molecule has 0 aliphatic heterocycles. The minimum atomic E-state index is -0.895. The predicted molar refractivity (Wildman–Crippen MR) is 109 cm³/mol. The molecule has 1 heterocycles. The first kappa shape index (κ1) is 17.1. The lowest BCUT2D eigenvalue weighted by Gasteiger charge is -2.23. The van der Waals surface area contributed by atoms with Crippen LogP contribution < -0.4 is 5.32 Å². The number of carboxylic acid groups (broad SMARTS) is 1. The molecule has 1 fully saturated rings. The number of hydrogen-bond donors (Lipinski definition) is 2. The Balaban J connectivity index is 1.37. The van der Waals surface area contributed by atoms with Crippen LogP contribution in [0.25, 0.3) is 22.0 Å². The fourth-order valence-corrected chi connectivity index (χ4v) is 5.24. The number of aliphatic carboxylic acids is 1. The maximum atomic E-state index is 12.8. The number of carbonyl (C=O) groups excluding carboxylic acids is 1. The molecule has 0 saturated heterocycles. The standard InChI is InChI=1S/C22H18N2O3S/c25-20(18-15-7-8-16(10-15)19(18)21(26)27)24-22-23-17(11-28-22)14-6-5-12-3-1-2-4-13(12)9-14/h1-9,11,15-16,18-19H,10H2,(H,26,27)(H,23,24,25)/t15-,16+,18-,19+/m0/s1. The first-order valence-electron chi connectivity index (χ1n) is 9.27. The number of allylic oxidation sites excluding steroid dienone is 2. The average molecular weight is 390 g/mol. The van der Waals surface area contributed by atoms with Gasteiger partial charge in [0.1, 0.15) is 0 Å². The number of nitrogens with zero attached hydrogens (tertiary/aromatic N) is 1. The van der Waals surface area contributed by atoms with E-state index < -0.39 is 17.8 Å². The molecule has 5 nitrogen and oxygen atoms in total. The summed E-state index contributed by atoms with van der Waals surface area (Å²) in [6.45, 7) is 0. The zero-order valence-corrected chi connectivity index (χ0v) is 15.7. The van der Waals surface area contributed by atoms with Crippen LogP contribution in [0.15, 0.2) is 60.0 Å². The van der Waals surface area contributed by atoms with E-state index in [2.05, 4.69) is 34.6 Å². The van der Waals surface area contributed by atoms with Crippen LogP contribution >= 0.6 is 11.3 Å². The Morgan fingerprint density at radius 3 is 2.57 bits per heavy atom. The summed E-state index contributed by atoms with van der Waals surface area (Å²) in [7, 11) is 0. The maximum absolute atomic E-state index is 12.8. The summed E-state index contributed by atoms with van der Waals surface area (Å²) >= 11 is 1.36. The van der Waals surface area contributed by atoms with Crippen molar-refractivity contribution in [3.05, 3.63) is 60.0 Å². The van der Waals surface area contributed by atoms with Crippen molar-refractivity contribution >= 4 is 39.1 Å². The Labute approximate surface area is 165 Å². The molecule has 0 unspecified atom stereocenters. The third-order valence-corrected chi connectivity index (χ3v) is 6.58. The first-order valence-corrected chi connectivity index (χ1v) is 10.1. The lowest BCUT2D eigenvalue weighted by atomic mass is 9.82. The van der Waals surface area contributed by atoms with Gasteiger partial charge < -0.3 is 10.4 Å². The summed E-state index contributed by atoms with van der Waals surface area (Å²) < 4.78 is 0. The van der Waals surface area contributed by atoms with Gasteiger partial charge >= 0.3 is 5.97 Å². The number of amides is 1. The molecule has 6 heteroatoms. The number of carboxylic acids is 1. The summed E-state index contributed by atoms with van der Waals surface area (Å²) in [6.07, 6.45) is 4.67. The van der Waals surface area contributed by atoms with Crippen LogP contribution in [0.1, 0.15) is 6.42 Å². The summed E-state index contributed by atoms with van der Waals surface area (Å²) in [5.74, 6) is -2.35. The number of benzene rings is 2. The van der Waals surface area contributed by atoms with Gasteiger partial charge in [-0.15, -0.1) is 11.3 Å². The van der Waals surface area contributed by atoms with Crippen molar-refractivity contribution in [1.29, 1.82) is 0 Å². The molecule has 1 saturated carbocycles. The van der Waals surface area contributed by atoms with Crippen LogP contribution in [0.5, 0.6) is 0 Å². The SMILES string of the molecule is O=C(Nc1nc(-c2ccc3ccccc3c2)cs1)[C@@H]1[C@H](C(=O)O)[C@@H]2C=C[C@H]1C2. The van der Waals surface area contributed by atoms with Crippen molar-refractivity contribution in [3.63, 3.8) is 0 Å². The number of anilines is 1. The quantitative estimate of drug-likeness (QED) is 0.646. The Hall–Kier alpha value is -2.99. The minimum Gasteiger partial charge on any atom is -0.481 e. The van der Waals surface area contributed by atoms with Crippen molar-refractivity contribution in [2.45, 2.75) is 6.42 Å². The summed E-state index contributed by atoms with van der Waals surface area (Å²) in [4.78, 5) is 29.0. The number of carbonyl (C=O) groups is 2. The molecule has 0 radical (unpaired) electrons. The number of fused-ring (bicyclic) bond motifs is 3. The number of thiazole rings is 1. The van der Waals surface area contributed by atoms with Gasteiger partial charge in [-0.1, -0.05) is 48.6 Å². The highest BCUT2D eigenvalue weighted by Gasteiger charge is 2.51. The second-order valence-electron chi connectivity index (χ2n) is 7.43. The molecular formula is C22H18N2O3S. The normalized spacial score (nSPS) is 25.3. The lowest BCUT2D eigenvalue weighted by Crippen LogP contribution is -2.36. The highest BCUT2D eigenvalue weighted by molar-refractivity contribution is 7.14. The van der Waals surface area contributed by atoms with Gasteiger partial charge in [0.05, 0.1) is 17.5 Å². The molecule has 1 amide bonds. The van der Waals surface area contributed by atoms with Gasteiger partial charge in [0, 0.05) is 10.9 Å². The highest BCUT2D eigenvalue weighted by Crippen LogP contribution is 2.48. The summed E-state index contributed by atoms with van der Waals surface area (Å²) in [5, 5.41) is 17.1. The van der Waals surface area contributed by atoms with Crippen molar-refractivity contribution in [1.82, 2.24) is 4.98 Å². The van der Waals surface area contributed by atoms with E-state index in [0.717, 1.165) is 23.1 Å². The van der Waals surface area contributed by atoms with E-state index >= 15 is 0 Å². The molecule has 4 atom stereocenters. The third kappa shape index (κ3) is 2.81. The van der Waals surface area contributed by atoms with Crippen molar-refractivity contribution in [3.8, 4) is 11.3 Å². The topological polar surface area (TPSA) is 79.3 Å². The largest absolute Gasteiger partial charge is 0.481 e. The number of hydrogen-bond acceptors (Lipinski definition) is 4. The smallest absolute Gasteiger partial charge is 0.307 e. The number of rotatable bonds is 4. The molecule has 5 rings (SSSR count). The van der Waals surface area contributed by atoms with Gasteiger partial charge in [-0.25, -0.2) is 4.98 Å². The summed E-state index contributed by atoms with van der Waals surface area (Å²) in [5.41, 5.74) is 1.79. The lowest BCUT2D eigenvalue weighted by molar-refractivity contribution is -0.146. The molecule has 2 aliphatic carbocycles. The van der Waals surface area contributed by atoms with E-state index in [-0.39, 0.29) is 17.7 Å². The maximum Gasteiger partial charge on any atom is 0.307 e. The molecule has 2 aromatic carbocycles. The van der Waals surface area contributed by atoms with Gasteiger partial charge in [-0.05, 0) is 35.1 Å². The van der Waals surface area contributed by atoms with E-state index in [1.807, 2.05) is 35.7 Å². The first-order chi connectivity index (χ1) is 13.6. The molecule has 0 spiro atoms. The van der Waals surface area contributed by atoms with Crippen LogP contribution in [0.2, 0.25) is 0 Å². The Morgan fingerprint density at radius 1 is 1.04 bits per heavy atom. The van der Waals surface area contributed by atoms with E-state index in [0.29, 0.717) is 5.13 Å². The van der Waals surface area contributed by atoms with Crippen LogP contribution in [-0.4, -0.2) is 22.0 Å². The van der Waals surface area contributed by atoms with Crippen molar-refractivity contribution in [2.24, 2.45) is 23.7 Å². The molecule has 1 aromatic heterocycles. The second-order valence-corrected chi connectivity index (χ2v) is 8.29. The zero-order chi connectivity index (χ0) is 19.3. The van der Waals surface area contributed by atoms with Gasteiger partial charge in [0.2, 0.25) is 5.91 Å². The van der Waals surface area contributed by atoms with Crippen LogP contribution in [0, 0.1) is 23.7 Å². The number of aromatic nitrogens is 1. The van der Waals surface area contributed by atoms with Crippen molar-refractivity contribution < 1.29 is 14.7 Å². The molecular weight excluding hydrogens is 372 g/mol. The average Bonchev–Trinajstić information content (AvgIpc) is 3.43. The molecule has 2 aliphatic rings. The molecule has 3 aromatic rings. The molecule has 140 valence electrons. The highest BCUT2D eigenvalue weighted by atomic mass is 32.1. The van der Waals surface area contributed by atoms with Crippen LogP contribution in [0.3, 0.4) is 0 Å². The third-order valence-electron chi connectivity index (χ3n) is 5.83. The van der Waals surface area contributed by atoms with Crippen LogP contribution in [-0.2, 0) is 9.59 Å². The Morgan fingerprint density at radius 2 is 1.79 bits per heavy atom. The second kappa shape index (κ2) is 6.56. The summed E-state index contributed by atoms with van der Waals surface area (Å²) in [6, 6.07) is 14.3. The monoisotopic (exact) mass is 390 g/mol. The number of nitrogens with one attached hydrogen (secondary N) is 1. The zero-order valence-electron chi connectivity index (χ0n) is 14.9. The fourth-order valence-electron chi connectivity index (χ4n) is 4.52. The minimum absolute atomic E-state index is 0.00557. The molecule has 28 heavy (non-hydrogen) atoms. The van der Waals surface area contributed by atoms with Gasteiger partial charge in [0.25, 0.3) is 0 Å². The van der Waals surface area contributed by atoms with E-state index in [4.69, 9.17) is 0 Å².